The van der Waals surface area contributed by atoms with Crippen molar-refractivity contribution in [3.63, 3.8) is 0 Å². The number of aromatic amines is 1. The van der Waals surface area contributed by atoms with E-state index in [1.165, 1.54) is 10.7 Å². The van der Waals surface area contributed by atoms with Crippen LogP contribution in [0.1, 0.15) is 21.7 Å². The SMILES string of the molecule is Cc1cc(C)n(-c2ccc(=O)n(CCN3CCN(C(=O)c4ccc5cc[nH]c5c4)CC3)n2)n1. The molecule has 0 saturated carbocycles. The molecule has 1 aliphatic heterocycles. The number of fused-ring (bicyclic) bond motifs is 1. The number of H-pyrrole nitrogens is 1. The molecule has 1 saturated heterocycles. The molecule has 0 unspecified atom stereocenters. The number of hydrogen-bond acceptors (Lipinski definition) is 5. The Morgan fingerprint density at radius 2 is 1.79 bits per heavy atom. The average molecular weight is 446 g/mol. The van der Waals surface area contributed by atoms with Crippen molar-refractivity contribution in [3.05, 3.63) is 76.0 Å². The number of aromatic nitrogens is 5. The maximum absolute atomic E-state index is 12.9. The molecule has 5 rings (SSSR count). The van der Waals surface area contributed by atoms with Gasteiger partial charge in [-0.15, -0.1) is 5.10 Å². The lowest BCUT2D eigenvalue weighted by molar-refractivity contribution is 0.0631. The van der Waals surface area contributed by atoms with Crippen LogP contribution in [0.25, 0.3) is 16.7 Å². The van der Waals surface area contributed by atoms with Crippen LogP contribution >= 0.6 is 0 Å². The van der Waals surface area contributed by atoms with Crippen LogP contribution in [0.3, 0.4) is 0 Å². The fourth-order valence-corrected chi connectivity index (χ4v) is 4.35. The van der Waals surface area contributed by atoms with E-state index in [-0.39, 0.29) is 11.5 Å². The van der Waals surface area contributed by atoms with Gasteiger partial charge in [-0.25, -0.2) is 9.36 Å². The molecule has 1 N–H and O–H groups in total. The molecule has 170 valence electrons. The van der Waals surface area contributed by atoms with Gasteiger partial charge in [-0.3, -0.25) is 14.5 Å². The van der Waals surface area contributed by atoms with Gasteiger partial charge < -0.3 is 9.88 Å². The minimum atomic E-state index is -0.131. The molecule has 1 aliphatic rings. The number of nitrogens with zero attached hydrogens (tertiary/aromatic N) is 6. The summed E-state index contributed by atoms with van der Waals surface area (Å²) in [5.41, 5.74) is 3.43. The summed E-state index contributed by atoms with van der Waals surface area (Å²) in [6.07, 6.45) is 1.88. The number of nitrogens with one attached hydrogen (secondary N) is 1. The van der Waals surface area contributed by atoms with Gasteiger partial charge in [-0.05, 0) is 49.6 Å². The highest BCUT2D eigenvalue weighted by Gasteiger charge is 2.22. The Balaban J connectivity index is 1.19. The van der Waals surface area contributed by atoms with Gasteiger partial charge in [0.15, 0.2) is 5.82 Å². The third kappa shape index (κ3) is 4.31. The maximum atomic E-state index is 12.9. The van der Waals surface area contributed by atoms with E-state index in [9.17, 15) is 9.59 Å². The van der Waals surface area contributed by atoms with E-state index in [1.54, 1.807) is 10.7 Å². The number of carbonyl (C=O) groups is 1. The van der Waals surface area contributed by atoms with Crippen LogP contribution in [-0.4, -0.2) is 73.0 Å². The highest BCUT2D eigenvalue weighted by Crippen LogP contribution is 2.16. The van der Waals surface area contributed by atoms with Crippen molar-refractivity contribution in [2.75, 3.05) is 32.7 Å². The zero-order valence-electron chi connectivity index (χ0n) is 18.9. The van der Waals surface area contributed by atoms with E-state index in [0.29, 0.717) is 37.6 Å². The average Bonchev–Trinajstić information content (AvgIpc) is 3.43. The van der Waals surface area contributed by atoms with Crippen molar-refractivity contribution in [3.8, 4) is 5.82 Å². The molecule has 0 aliphatic carbocycles. The Bertz CT molecular complexity index is 1360. The van der Waals surface area contributed by atoms with Crippen molar-refractivity contribution in [1.29, 1.82) is 0 Å². The van der Waals surface area contributed by atoms with Crippen LogP contribution in [0, 0.1) is 13.8 Å². The molecule has 1 aromatic carbocycles. The van der Waals surface area contributed by atoms with Crippen molar-refractivity contribution in [2.45, 2.75) is 20.4 Å². The van der Waals surface area contributed by atoms with Gasteiger partial charge in [-0.2, -0.15) is 5.10 Å². The lowest BCUT2D eigenvalue weighted by Crippen LogP contribution is -2.49. The van der Waals surface area contributed by atoms with E-state index < -0.39 is 0 Å². The summed E-state index contributed by atoms with van der Waals surface area (Å²) < 4.78 is 3.25. The Labute approximate surface area is 191 Å². The quantitative estimate of drug-likeness (QED) is 0.507. The predicted octanol–water partition coefficient (Wildman–Crippen LogP) is 1.99. The first-order valence-corrected chi connectivity index (χ1v) is 11.2. The van der Waals surface area contributed by atoms with Crippen LogP contribution in [-0.2, 0) is 6.54 Å². The highest BCUT2D eigenvalue weighted by atomic mass is 16.2. The summed E-state index contributed by atoms with van der Waals surface area (Å²) in [4.78, 5) is 32.6. The molecule has 1 amide bonds. The van der Waals surface area contributed by atoms with Crippen molar-refractivity contribution >= 4 is 16.8 Å². The molecule has 0 spiro atoms. The predicted molar refractivity (Wildman–Crippen MR) is 126 cm³/mol. The number of rotatable bonds is 5. The fourth-order valence-electron chi connectivity index (χ4n) is 4.35. The molecule has 4 aromatic rings. The summed E-state index contributed by atoms with van der Waals surface area (Å²) in [6.45, 7) is 7.94. The lowest BCUT2D eigenvalue weighted by atomic mass is 10.1. The maximum Gasteiger partial charge on any atom is 0.266 e. The van der Waals surface area contributed by atoms with E-state index in [1.807, 2.05) is 55.3 Å². The molecule has 0 atom stereocenters. The summed E-state index contributed by atoms with van der Waals surface area (Å²) in [5.74, 6) is 0.691. The smallest absolute Gasteiger partial charge is 0.266 e. The Kier molecular flexibility index (Phi) is 5.55. The highest BCUT2D eigenvalue weighted by molar-refractivity contribution is 5.98. The lowest BCUT2D eigenvalue weighted by Gasteiger charge is -2.34. The van der Waals surface area contributed by atoms with Gasteiger partial charge in [-0.1, -0.05) is 6.07 Å². The molecule has 4 heterocycles. The van der Waals surface area contributed by atoms with Gasteiger partial charge >= 0.3 is 0 Å². The number of amides is 1. The summed E-state index contributed by atoms with van der Waals surface area (Å²) in [6, 6.07) is 13.0. The molecule has 0 bridgehead atoms. The van der Waals surface area contributed by atoms with E-state index in [0.717, 1.165) is 35.4 Å². The second kappa shape index (κ2) is 8.67. The Hall–Kier alpha value is -3.72. The minimum Gasteiger partial charge on any atom is -0.361 e. The van der Waals surface area contributed by atoms with Gasteiger partial charge in [0.25, 0.3) is 11.5 Å². The van der Waals surface area contributed by atoms with Gasteiger partial charge in [0.2, 0.25) is 0 Å². The van der Waals surface area contributed by atoms with Gasteiger partial charge in [0, 0.05) is 61.8 Å². The second-order valence-corrected chi connectivity index (χ2v) is 8.51. The van der Waals surface area contributed by atoms with Crippen LogP contribution in [0.2, 0.25) is 0 Å². The molecule has 9 heteroatoms. The van der Waals surface area contributed by atoms with Gasteiger partial charge in [0.05, 0.1) is 12.2 Å². The fraction of sp³-hybridized carbons (Fsp3) is 0.333. The normalized spacial score (nSPS) is 14.8. The number of carbonyl (C=O) groups excluding carboxylic acids is 1. The number of hydrogen-bond donors (Lipinski definition) is 1. The van der Waals surface area contributed by atoms with Crippen molar-refractivity contribution in [2.24, 2.45) is 0 Å². The van der Waals surface area contributed by atoms with Crippen LogP contribution < -0.4 is 5.56 Å². The third-order valence-electron chi connectivity index (χ3n) is 6.17. The summed E-state index contributed by atoms with van der Waals surface area (Å²) >= 11 is 0. The number of piperazine rings is 1. The van der Waals surface area contributed by atoms with Crippen molar-refractivity contribution < 1.29 is 4.79 Å². The zero-order chi connectivity index (χ0) is 22.9. The van der Waals surface area contributed by atoms with E-state index in [4.69, 9.17) is 0 Å². The van der Waals surface area contributed by atoms with Gasteiger partial charge in [0.1, 0.15) is 0 Å². The second-order valence-electron chi connectivity index (χ2n) is 8.51. The first-order chi connectivity index (χ1) is 16.0. The van der Waals surface area contributed by atoms with Crippen LogP contribution in [0.15, 0.2) is 53.5 Å². The van der Waals surface area contributed by atoms with Crippen molar-refractivity contribution in [1.82, 2.24) is 34.3 Å². The molecular formula is C24H27N7O2. The summed E-state index contributed by atoms with van der Waals surface area (Å²) in [7, 11) is 0. The molecule has 0 radical (unpaired) electrons. The standard InChI is InChI=1S/C24H27N7O2/c1-17-15-18(2)31(26-17)22-5-6-23(32)30(27-22)14-11-28-9-12-29(13-10-28)24(33)20-4-3-19-7-8-25-21(19)16-20/h3-8,15-16,25H,9-14H2,1-2H3. The molecular weight excluding hydrogens is 418 g/mol. The number of aryl methyl sites for hydroxylation is 2. The first kappa shape index (κ1) is 21.1. The largest absolute Gasteiger partial charge is 0.361 e. The Morgan fingerprint density at radius 3 is 2.55 bits per heavy atom. The number of benzene rings is 1. The molecule has 3 aromatic heterocycles. The van der Waals surface area contributed by atoms with E-state index >= 15 is 0 Å². The first-order valence-electron chi connectivity index (χ1n) is 11.2. The molecule has 33 heavy (non-hydrogen) atoms. The Morgan fingerprint density at radius 1 is 0.970 bits per heavy atom. The topological polar surface area (TPSA) is 92.1 Å². The zero-order valence-corrected chi connectivity index (χ0v) is 18.9. The molecule has 9 nitrogen and oxygen atoms in total. The van der Waals surface area contributed by atoms with Crippen LogP contribution in [0.4, 0.5) is 0 Å². The minimum absolute atomic E-state index is 0.0571. The third-order valence-corrected chi connectivity index (χ3v) is 6.17. The monoisotopic (exact) mass is 445 g/mol. The van der Waals surface area contributed by atoms with E-state index in [2.05, 4.69) is 20.1 Å². The summed E-state index contributed by atoms with van der Waals surface area (Å²) in [5, 5.41) is 10.1. The molecule has 1 fully saturated rings. The van der Waals surface area contributed by atoms with Crippen LogP contribution in [0.5, 0.6) is 0 Å².